The Balaban J connectivity index is 1.82. The van der Waals surface area contributed by atoms with Gasteiger partial charge in [-0.2, -0.15) is 0 Å². The van der Waals surface area contributed by atoms with Gasteiger partial charge in [0.05, 0.1) is 11.5 Å². The largest absolute Gasteiger partial charge is 0.396 e. The SMILES string of the molecule is O=S1(=O)CCC(NC2CCCC2CO)CC1. The molecule has 0 aromatic heterocycles. The molecule has 0 amide bonds. The van der Waals surface area contributed by atoms with Crippen molar-refractivity contribution in [2.75, 3.05) is 18.1 Å². The normalized spacial score (nSPS) is 35.3. The summed E-state index contributed by atoms with van der Waals surface area (Å²) in [5.41, 5.74) is 0. The van der Waals surface area contributed by atoms with E-state index in [2.05, 4.69) is 5.32 Å². The Hall–Kier alpha value is -0.130. The van der Waals surface area contributed by atoms with Crippen LogP contribution in [0, 0.1) is 5.92 Å². The second-order valence-corrected chi connectivity index (χ2v) is 7.38. The van der Waals surface area contributed by atoms with E-state index < -0.39 is 9.84 Å². The first-order valence-electron chi connectivity index (χ1n) is 6.18. The van der Waals surface area contributed by atoms with Gasteiger partial charge in [0.1, 0.15) is 9.84 Å². The van der Waals surface area contributed by atoms with Gasteiger partial charge >= 0.3 is 0 Å². The first kappa shape index (κ1) is 12.3. The van der Waals surface area contributed by atoms with Crippen LogP contribution in [0.1, 0.15) is 32.1 Å². The summed E-state index contributed by atoms with van der Waals surface area (Å²) in [6, 6.07) is 0.733. The Bertz CT molecular complexity index is 314. The molecule has 0 spiro atoms. The smallest absolute Gasteiger partial charge is 0.150 e. The number of hydrogen-bond donors (Lipinski definition) is 2. The van der Waals surface area contributed by atoms with Gasteiger partial charge in [-0.3, -0.25) is 0 Å². The molecule has 1 saturated carbocycles. The molecular weight excluding hydrogens is 226 g/mol. The molecule has 16 heavy (non-hydrogen) atoms. The van der Waals surface area contributed by atoms with E-state index in [0.29, 0.717) is 29.5 Å². The predicted molar refractivity (Wildman–Crippen MR) is 63.0 cm³/mol. The molecule has 2 N–H and O–H groups in total. The summed E-state index contributed by atoms with van der Waals surface area (Å²) in [6.07, 6.45) is 4.86. The van der Waals surface area contributed by atoms with Crippen LogP contribution in [0.15, 0.2) is 0 Å². The Morgan fingerprint density at radius 2 is 1.81 bits per heavy atom. The third kappa shape index (κ3) is 2.96. The third-order valence-electron chi connectivity index (χ3n) is 3.90. The summed E-state index contributed by atoms with van der Waals surface area (Å²) in [5, 5.41) is 12.7. The standard InChI is InChI=1S/C11H21NO3S/c13-8-9-2-1-3-11(9)12-10-4-6-16(14,15)7-5-10/h9-13H,1-8H2. The summed E-state index contributed by atoms with van der Waals surface area (Å²) in [7, 11) is -2.76. The summed E-state index contributed by atoms with van der Waals surface area (Å²) >= 11 is 0. The molecule has 0 aromatic rings. The predicted octanol–water partition coefficient (Wildman–Crippen LogP) is 0.314. The van der Waals surface area contributed by atoms with Crippen LogP contribution in [0.5, 0.6) is 0 Å². The average molecular weight is 247 g/mol. The molecule has 2 aliphatic rings. The molecule has 2 fully saturated rings. The van der Waals surface area contributed by atoms with Crippen molar-refractivity contribution in [2.45, 2.75) is 44.2 Å². The maximum absolute atomic E-state index is 11.3. The van der Waals surface area contributed by atoms with E-state index in [-0.39, 0.29) is 6.61 Å². The quantitative estimate of drug-likeness (QED) is 0.753. The molecule has 94 valence electrons. The zero-order valence-corrected chi connectivity index (χ0v) is 10.4. The number of rotatable bonds is 3. The molecule has 0 radical (unpaired) electrons. The lowest BCUT2D eigenvalue weighted by Crippen LogP contribution is -2.45. The van der Waals surface area contributed by atoms with Gasteiger partial charge in [0.2, 0.25) is 0 Å². The molecule has 2 atom stereocenters. The van der Waals surface area contributed by atoms with Crippen LogP contribution in [0.25, 0.3) is 0 Å². The highest BCUT2D eigenvalue weighted by Gasteiger charge is 2.30. The molecule has 2 unspecified atom stereocenters. The Kier molecular flexibility index (Phi) is 3.87. The minimum absolute atomic E-state index is 0.253. The van der Waals surface area contributed by atoms with Crippen LogP contribution in [0.3, 0.4) is 0 Å². The van der Waals surface area contributed by atoms with Crippen LogP contribution in [0.2, 0.25) is 0 Å². The maximum Gasteiger partial charge on any atom is 0.150 e. The first-order chi connectivity index (χ1) is 7.61. The van der Waals surface area contributed by atoms with Gasteiger partial charge in [-0.05, 0) is 31.6 Å². The van der Waals surface area contributed by atoms with Crippen molar-refractivity contribution < 1.29 is 13.5 Å². The van der Waals surface area contributed by atoms with Crippen LogP contribution in [-0.4, -0.2) is 43.7 Å². The van der Waals surface area contributed by atoms with E-state index >= 15 is 0 Å². The lowest BCUT2D eigenvalue weighted by Gasteiger charge is -2.29. The van der Waals surface area contributed by atoms with Crippen LogP contribution in [-0.2, 0) is 9.84 Å². The molecule has 1 aliphatic heterocycles. The lowest BCUT2D eigenvalue weighted by atomic mass is 10.0. The summed E-state index contributed by atoms with van der Waals surface area (Å²) in [6.45, 7) is 0.253. The van der Waals surface area contributed by atoms with Gasteiger partial charge < -0.3 is 10.4 Å². The zero-order valence-electron chi connectivity index (χ0n) is 9.56. The van der Waals surface area contributed by atoms with Crippen molar-refractivity contribution in [2.24, 2.45) is 5.92 Å². The van der Waals surface area contributed by atoms with Gasteiger partial charge in [-0.15, -0.1) is 0 Å². The van der Waals surface area contributed by atoms with Crippen molar-refractivity contribution in [1.29, 1.82) is 0 Å². The summed E-state index contributed by atoms with van der Waals surface area (Å²) in [4.78, 5) is 0. The number of hydrogen-bond acceptors (Lipinski definition) is 4. The molecular formula is C11H21NO3S. The monoisotopic (exact) mass is 247 g/mol. The van der Waals surface area contributed by atoms with Crippen LogP contribution in [0.4, 0.5) is 0 Å². The summed E-state index contributed by atoms with van der Waals surface area (Å²) < 4.78 is 22.6. The van der Waals surface area contributed by atoms with E-state index in [4.69, 9.17) is 0 Å². The van der Waals surface area contributed by atoms with Gasteiger partial charge in [0.25, 0.3) is 0 Å². The third-order valence-corrected chi connectivity index (χ3v) is 5.61. The first-order valence-corrected chi connectivity index (χ1v) is 8.00. The van der Waals surface area contributed by atoms with Crippen molar-refractivity contribution >= 4 is 9.84 Å². The fourth-order valence-corrected chi connectivity index (χ4v) is 4.33. The van der Waals surface area contributed by atoms with Gasteiger partial charge in [-0.25, -0.2) is 8.42 Å². The number of nitrogens with one attached hydrogen (secondary N) is 1. The lowest BCUT2D eigenvalue weighted by molar-refractivity contribution is 0.197. The van der Waals surface area contributed by atoms with Gasteiger partial charge in [0.15, 0.2) is 0 Å². The fourth-order valence-electron chi connectivity index (χ4n) is 2.83. The molecule has 1 saturated heterocycles. The Morgan fingerprint density at radius 3 is 2.44 bits per heavy atom. The minimum atomic E-state index is -2.76. The fraction of sp³-hybridized carbons (Fsp3) is 1.00. The highest BCUT2D eigenvalue weighted by molar-refractivity contribution is 7.91. The highest BCUT2D eigenvalue weighted by atomic mass is 32.2. The van der Waals surface area contributed by atoms with Crippen molar-refractivity contribution in [3.8, 4) is 0 Å². The molecule has 4 nitrogen and oxygen atoms in total. The summed E-state index contributed by atoms with van der Waals surface area (Å²) in [5.74, 6) is 1.01. The van der Waals surface area contributed by atoms with E-state index in [1.54, 1.807) is 0 Å². The average Bonchev–Trinajstić information content (AvgIpc) is 2.68. The molecule has 0 bridgehead atoms. The van der Waals surface area contributed by atoms with Gasteiger partial charge in [0, 0.05) is 18.7 Å². The van der Waals surface area contributed by atoms with Crippen LogP contribution < -0.4 is 5.32 Å². The van der Waals surface area contributed by atoms with Crippen molar-refractivity contribution in [3.63, 3.8) is 0 Å². The number of sulfone groups is 1. The Labute approximate surface area is 97.3 Å². The van der Waals surface area contributed by atoms with Crippen LogP contribution >= 0.6 is 0 Å². The molecule has 1 heterocycles. The van der Waals surface area contributed by atoms with E-state index in [1.165, 1.54) is 6.42 Å². The van der Waals surface area contributed by atoms with E-state index in [1.807, 2.05) is 0 Å². The second kappa shape index (κ2) is 5.02. The Morgan fingerprint density at radius 1 is 1.12 bits per heavy atom. The van der Waals surface area contributed by atoms with E-state index in [0.717, 1.165) is 25.7 Å². The number of aliphatic hydroxyl groups excluding tert-OH is 1. The highest BCUT2D eigenvalue weighted by Crippen LogP contribution is 2.26. The molecule has 1 aliphatic carbocycles. The maximum atomic E-state index is 11.3. The van der Waals surface area contributed by atoms with Crippen molar-refractivity contribution in [3.05, 3.63) is 0 Å². The van der Waals surface area contributed by atoms with E-state index in [9.17, 15) is 13.5 Å². The molecule has 5 heteroatoms. The molecule has 2 rings (SSSR count). The van der Waals surface area contributed by atoms with Crippen molar-refractivity contribution in [1.82, 2.24) is 5.32 Å². The number of aliphatic hydroxyl groups is 1. The minimum Gasteiger partial charge on any atom is -0.396 e. The topological polar surface area (TPSA) is 66.4 Å². The molecule has 0 aromatic carbocycles. The second-order valence-electron chi connectivity index (χ2n) is 5.07. The van der Waals surface area contributed by atoms with Gasteiger partial charge in [-0.1, -0.05) is 6.42 Å². The zero-order chi connectivity index (χ0) is 11.6.